The summed E-state index contributed by atoms with van der Waals surface area (Å²) in [4.78, 5) is 11.2. The number of thioether (sulfide) groups is 1. The van der Waals surface area contributed by atoms with Gasteiger partial charge in [-0.3, -0.25) is 4.79 Å². The van der Waals surface area contributed by atoms with Crippen LogP contribution in [0.5, 0.6) is 0 Å². The van der Waals surface area contributed by atoms with Crippen LogP contribution in [0, 0.1) is 11.8 Å². The van der Waals surface area contributed by atoms with Crippen LogP contribution in [0.3, 0.4) is 0 Å². The molecular formula is C8H12OS. The van der Waals surface area contributed by atoms with Gasteiger partial charge in [-0.2, -0.15) is 0 Å². The van der Waals surface area contributed by atoms with Crippen molar-refractivity contribution >= 4 is 16.9 Å². The van der Waals surface area contributed by atoms with Gasteiger partial charge in [0.05, 0.1) is 0 Å². The predicted molar refractivity (Wildman–Crippen MR) is 42.9 cm³/mol. The summed E-state index contributed by atoms with van der Waals surface area (Å²) in [6.07, 6.45) is 5.13. The third-order valence-electron chi connectivity index (χ3n) is 2.65. The van der Waals surface area contributed by atoms with E-state index in [2.05, 4.69) is 0 Å². The molecule has 56 valence electrons. The van der Waals surface area contributed by atoms with Crippen molar-refractivity contribution < 1.29 is 4.79 Å². The van der Waals surface area contributed by atoms with Gasteiger partial charge < -0.3 is 0 Å². The highest BCUT2D eigenvalue weighted by atomic mass is 32.2. The van der Waals surface area contributed by atoms with Crippen molar-refractivity contribution in [2.75, 3.05) is 5.75 Å². The lowest BCUT2D eigenvalue weighted by molar-refractivity contribution is -0.115. The highest BCUT2D eigenvalue weighted by Crippen LogP contribution is 2.41. The third kappa shape index (κ3) is 0.986. The Morgan fingerprint density at radius 2 is 2.10 bits per heavy atom. The molecule has 1 heterocycles. The average Bonchev–Trinajstić information content (AvgIpc) is 2.34. The zero-order valence-corrected chi connectivity index (χ0v) is 6.82. The second-order valence-electron chi connectivity index (χ2n) is 3.28. The molecule has 0 radical (unpaired) electrons. The van der Waals surface area contributed by atoms with E-state index in [0.717, 1.165) is 11.7 Å². The molecule has 0 spiro atoms. The quantitative estimate of drug-likeness (QED) is 0.534. The molecule has 0 bridgehead atoms. The molecule has 1 aliphatic heterocycles. The van der Waals surface area contributed by atoms with Crippen LogP contribution in [0.4, 0.5) is 0 Å². The molecule has 1 saturated carbocycles. The molecule has 0 N–H and O–H groups in total. The van der Waals surface area contributed by atoms with Gasteiger partial charge in [0.2, 0.25) is 0 Å². The first-order valence-corrected chi connectivity index (χ1v) is 5.03. The molecule has 2 fully saturated rings. The smallest absolute Gasteiger partial charge is 0.192 e. The second kappa shape index (κ2) is 2.57. The predicted octanol–water partition coefficient (Wildman–Crippen LogP) is 2.07. The first kappa shape index (κ1) is 6.71. The van der Waals surface area contributed by atoms with Gasteiger partial charge in [-0.25, -0.2) is 0 Å². The Hall–Kier alpha value is 0.0200. The van der Waals surface area contributed by atoms with Crippen molar-refractivity contribution in [3.8, 4) is 0 Å². The summed E-state index contributed by atoms with van der Waals surface area (Å²) in [6, 6.07) is 0. The standard InChI is InChI=1S/C8H12OS/c9-8-7-4-2-1-3-6(7)5-10-8/h6-7H,1-5H2/t6-,7-/m0/s1. The van der Waals surface area contributed by atoms with Gasteiger partial charge in [0.25, 0.3) is 0 Å². The molecule has 2 aliphatic rings. The minimum atomic E-state index is 0.457. The van der Waals surface area contributed by atoms with E-state index in [-0.39, 0.29) is 0 Å². The van der Waals surface area contributed by atoms with Crippen LogP contribution in [0.25, 0.3) is 0 Å². The fraction of sp³-hybridized carbons (Fsp3) is 0.875. The van der Waals surface area contributed by atoms with Crippen molar-refractivity contribution in [3.63, 3.8) is 0 Å². The number of fused-ring (bicyclic) bond motifs is 1. The maximum absolute atomic E-state index is 11.2. The monoisotopic (exact) mass is 156 g/mol. The van der Waals surface area contributed by atoms with Crippen LogP contribution < -0.4 is 0 Å². The molecule has 2 atom stereocenters. The van der Waals surface area contributed by atoms with Crippen molar-refractivity contribution in [2.24, 2.45) is 11.8 Å². The topological polar surface area (TPSA) is 17.1 Å². The lowest BCUT2D eigenvalue weighted by Gasteiger charge is -2.21. The highest BCUT2D eigenvalue weighted by molar-refractivity contribution is 8.14. The molecule has 0 aromatic heterocycles. The minimum absolute atomic E-state index is 0.457. The molecule has 1 nitrogen and oxygen atoms in total. The van der Waals surface area contributed by atoms with Gasteiger partial charge in [0, 0.05) is 11.7 Å². The molecule has 1 aliphatic carbocycles. The van der Waals surface area contributed by atoms with E-state index in [1.165, 1.54) is 25.7 Å². The number of rotatable bonds is 0. The van der Waals surface area contributed by atoms with Gasteiger partial charge in [-0.1, -0.05) is 24.6 Å². The summed E-state index contributed by atoms with van der Waals surface area (Å²) < 4.78 is 0. The van der Waals surface area contributed by atoms with Gasteiger partial charge in [-0.15, -0.1) is 0 Å². The van der Waals surface area contributed by atoms with Gasteiger partial charge in [-0.05, 0) is 18.8 Å². The molecule has 2 heteroatoms. The molecule has 0 aromatic rings. The van der Waals surface area contributed by atoms with Crippen LogP contribution in [0.2, 0.25) is 0 Å². The third-order valence-corrected chi connectivity index (χ3v) is 3.83. The molecule has 0 amide bonds. The molecule has 0 aromatic carbocycles. The molecule has 10 heavy (non-hydrogen) atoms. The largest absolute Gasteiger partial charge is 0.287 e. The second-order valence-corrected chi connectivity index (χ2v) is 4.31. The van der Waals surface area contributed by atoms with Gasteiger partial charge in [0.1, 0.15) is 0 Å². The van der Waals surface area contributed by atoms with Crippen LogP contribution >= 0.6 is 11.8 Å². The van der Waals surface area contributed by atoms with E-state index in [1.54, 1.807) is 11.8 Å². The fourth-order valence-electron chi connectivity index (χ4n) is 2.01. The molecule has 2 rings (SSSR count). The number of hydrogen-bond acceptors (Lipinski definition) is 2. The zero-order valence-electron chi connectivity index (χ0n) is 6.01. The Labute approximate surface area is 65.6 Å². The normalized spacial score (nSPS) is 39.8. The van der Waals surface area contributed by atoms with Crippen LogP contribution in [-0.2, 0) is 4.79 Å². The number of carbonyl (C=O) groups excluding carboxylic acids is 1. The Kier molecular flexibility index (Phi) is 1.73. The number of hydrogen-bond donors (Lipinski definition) is 0. The van der Waals surface area contributed by atoms with E-state index in [4.69, 9.17) is 0 Å². The Balaban J connectivity index is 2.08. The summed E-state index contributed by atoms with van der Waals surface area (Å²) in [5, 5.41) is 0.477. The Morgan fingerprint density at radius 1 is 1.30 bits per heavy atom. The molecular weight excluding hydrogens is 144 g/mol. The molecule has 1 saturated heterocycles. The Bertz CT molecular complexity index is 155. The summed E-state index contributed by atoms with van der Waals surface area (Å²) in [5.41, 5.74) is 0. The van der Waals surface area contributed by atoms with Crippen LogP contribution in [-0.4, -0.2) is 10.9 Å². The SMILES string of the molecule is O=C1SC[C@@H]2CCCC[C@H]12. The Morgan fingerprint density at radius 3 is 2.90 bits per heavy atom. The van der Waals surface area contributed by atoms with E-state index < -0.39 is 0 Å². The summed E-state index contributed by atoms with van der Waals surface area (Å²) in [5.74, 6) is 2.33. The fourth-order valence-corrected chi connectivity index (χ4v) is 3.32. The maximum atomic E-state index is 11.2. The number of carbonyl (C=O) groups is 1. The lowest BCUT2D eigenvalue weighted by atomic mass is 9.81. The minimum Gasteiger partial charge on any atom is -0.287 e. The summed E-state index contributed by atoms with van der Waals surface area (Å²) in [7, 11) is 0. The van der Waals surface area contributed by atoms with E-state index >= 15 is 0 Å². The van der Waals surface area contributed by atoms with Crippen molar-refractivity contribution in [1.29, 1.82) is 0 Å². The first-order chi connectivity index (χ1) is 4.88. The van der Waals surface area contributed by atoms with E-state index in [1.807, 2.05) is 0 Å². The highest BCUT2D eigenvalue weighted by Gasteiger charge is 2.36. The summed E-state index contributed by atoms with van der Waals surface area (Å²) in [6.45, 7) is 0. The van der Waals surface area contributed by atoms with Gasteiger partial charge in [0.15, 0.2) is 5.12 Å². The maximum Gasteiger partial charge on any atom is 0.192 e. The lowest BCUT2D eigenvalue weighted by Crippen LogP contribution is -2.19. The van der Waals surface area contributed by atoms with Crippen molar-refractivity contribution in [1.82, 2.24) is 0 Å². The van der Waals surface area contributed by atoms with Crippen LogP contribution in [0.1, 0.15) is 25.7 Å². The average molecular weight is 156 g/mol. The van der Waals surface area contributed by atoms with Crippen molar-refractivity contribution in [3.05, 3.63) is 0 Å². The zero-order chi connectivity index (χ0) is 6.97. The first-order valence-electron chi connectivity index (χ1n) is 4.04. The van der Waals surface area contributed by atoms with E-state index in [9.17, 15) is 4.79 Å². The molecule has 0 unspecified atom stereocenters. The van der Waals surface area contributed by atoms with Crippen LogP contribution in [0.15, 0.2) is 0 Å². The van der Waals surface area contributed by atoms with Gasteiger partial charge >= 0.3 is 0 Å². The van der Waals surface area contributed by atoms with E-state index in [0.29, 0.717) is 11.0 Å². The summed E-state index contributed by atoms with van der Waals surface area (Å²) >= 11 is 1.56. The van der Waals surface area contributed by atoms with Crippen molar-refractivity contribution in [2.45, 2.75) is 25.7 Å².